The summed E-state index contributed by atoms with van der Waals surface area (Å²) >= 11 is 0. The molecule has 1 heterocycles. The minimum atomic E-state index is -4.47. The van der Waals surface area contributed by atoms with Crippen LogP contribution in [0.4, 0.5) is 13.2 Å². The van der Waals surface area contributed by atoms with Crippen LogP contribution in [-0.4, -0.2) is 21.9 Å². The standard InChI is InChI=1S/C17H14F3N3O/c1-23-15(11-7-3-5-9-13(11)17(18,19)20)21-22-16(23)12-8-4-6-10-14(12)24-2/h3-10H,1-2H3. The zero-order valence-electron chi connectivity index (χ0n) is 13.0. The van der Waals surface area contributed by atoms with Gasteiger partial charge in [-0.1, -0.05) is 30.3 Å². The van der Waals surface area contributed by atoms with Gasteiger partial charge in [-0.25, -0.2) is 0 Å². The van der Waals surface area contributed by atoms with Gasteiger partial charge in [-0.2, -0.15) is 13.2 Å². The average molecular weight is 333 g/mol. The molecule has 0 radical (unpaired) electrons. The quantitative estimate of drug-likeness (QED) is 0.722. The first kappa shape index (κ1) is 16.0. The van der Waals surface area contributed by atoms with Gasteiger partial charge in [0.2, 0.25) is 0 Å². The van der Waals surface area contributed by atoms with Crippen molar-refractivity contribution in [2.75, 3.05) is 7.11 Å². The summed E-state index contributed by atoms with van der Waals surface area (Å²) in [4.78, 5) is 0. The molecule has 0 aliphatic carbocycles. The molecule has 0 saturated carbocycles. The van der Waals surface area contributed by atoms with Gasteiger partial charge in [-0.15, -0.1) is 10.2 Å². The van der Waals surface area contributed by atoms with Crippen LogP contribution in [0.15, 0.2) is 48.5 Å². The number of hydrogen-bond donors (Lipinski definition) is 0. The van der Waals surface area contributed by atoms with E-state index in [-0.39, 0.29) is 11.4 Å². The number of nitrogens with zero attached hydrogens (tertiary/aromatic N) is 3. The molecule has 124 valence electrons. The Balaban J connectivity index is 2.16. The predicted octanol–water partition coefficient (Wildman–Crippen LogP) is 4.18. The molecule has 0 aliphatic heterocycles. The lowest BCUT2D eigenvalue weighted by Gasteiger charge is -2.12. The first-order valence-corrected chi connectivity index (χ1v) is 7.13. The maximum atomic E-state index is 13.2. The molecular weight excluding hydrogens is 319 g/mol. The minimum absolute atomic E-state index is 0.0128. The van der Waals surface area contributed by atoms with Crippen molar-refractivity contribution in [1.29, 1.82) is 0 Å². The minimum Gasteiger partial charge on any atom is -0.496 e. The third kappa shape index (κ3) is 2.73. The van der Waals surface area contributed by atoms with Gasteiger partial charge in [-0.3, -0.25) is 0 Å². The summed E-state index contributed by atoms with van der Waals surface area (Å²) in [5.74, 6) is 1.15. The van der Waals surface area contributed by atoms with Crippen molar-refractivity contribution in [3.8, 4) is 28.5 Å². The van der Waals surface area contributed by atoms with E-state index in [2.05, 4.69) is 10.2 Å². The Labute approximate surface area is 136 Å². The van der Waals surface area contributed by atoms with E-state index in [0.29, 0.717) is 17.1 Å². The Bertz CT molecular complexity index is 872. The number of halogens is 3. The Kier molecular flexibility index (Phi) is 4.01. The average Bonchev–Trinajstić information content (AvgIpc) is 2.95. The number of alkyl halides is 3. The third-order valence-corrected chi connectivity index (χ3v) is 3.70. The van der Waals surface area contributed by atoms with Gasteiger partial charge in [0.15, 0.2) is 11.6 Å². The van der Waals surface area contributed by atoms with Crippen molar-refractivity contribution in [1.82, 2.24) is 14.8 Å². The molecule has 0 saturated heterocycles. The van der Waals surface area contributed by atoms with Crippen LogP contribution in [0.1, 0.15) is 5.56 Å². The van der Waals surface area contributed by atoms with Crippen LogP contribution in [0.5, 0.6) is 5.75 Å². The van der Waals surface area contributed by atoms with E-state index in [0.717, 1.165) is 6.07 Å². The van der Waals surface area contributed by atoms with Crippen LogP contribution >= 0.6 is 0 Å². The Morgan fingerprint density at radius 1 is 0.875 bits per heavy atom. The van der Waals surface area contributed by atoms with E-state index in [9.17, 15) is 13.2 Å². The SMILES string of the molecule is COc1ccccc1-c1nnc(-c2ccccc2C(F)(F)F)n1C. The molecular formula is C17H14F3N3O. The topological polar surface area (TPSA) is 39.9 Å². The predicted molar refractivity (Wildman–Crippen MR) is 83.4 cm³/mol. The molecule has 0 spiro atoms. The lowest BCUT2D eigenvalue weighted by molar-refractivity contribution is -0.137. The second-order valence-corrected chi connectivity index (χ2v) is 5.15. The van der Waals surface area contributed by atoms with Crippen LogP contribution in [0, 0.1) is 0 Å². The fourth-order valence-corrected chi connectivity index (χ4v) is 2.55. The first-order valence-electron chi connectivity index (χ1n) is 7.13. The molecule has 2 aromatic carbocycles. The van der Waals surface area contributed by atoms with E-state index >= 15 is 0 Å². The molecule has 0 amide bonds. The van der Waals surface area contributed by atoms with Crippen molar-refractivity contribution in [2.24, 2.45) is 7.05 Å². The van der Waals surface area contributed by atoms with Crippen LogP contribution in [0.2, 0.25) is 0 Å². The number of rotatable bonds is 3. The normalized spacial score (nSPS) is 11.5. The van der Waals surface area contributed by atoms with Gasteiger partial charge in [0.05, 0.1) is 18.2 Å². The lowest BCUT2D eigenvalue weighted by Crippen LogP contribution is -2.08. The molecule has 0 bridgehead atoms. The molecule has 0 atom stereocenters. The third-order valence-electron chi connectivity index (χ3n) is 3.70. The summed E-state index contributed by atoms with van der Waals surface area (Å²) in [6, 6.07) is 12.5. The van der Waals surface area contributed by atoms with Crippen LogP contribution in [-0.2, 0) is 13.2 Å². The summed E-state index contributed by atoms with van der Waals surface area (Å²) in [6.07, 6.45) is -4.47. The Morgan fingerprint density at radius 2 is 1.42 bits per heavy atom. The number of hydrogen-bond acceptors (Lipinski definition) is 3. The zero-order chi connectivity index (χ0) is 17.3. The molecule has 3 rings (SSSR count). The highest BCUT2D eigenvalue weighted by Gasteiger charge is 2.34. The molecule has 3 aromatic rings. The largest absolute Gasteiger partial charge is 0.496 e. The number of benzene rings is 2. The fraction of sp³-hybridized carbons (Fsp3) is 0.176. The highest BCUT2D eigenvalue weighted by Crippen LogP contribution is 2.37. The molecule has 0 aliphatic rings. The van der Waals surface area contributed by atoms with Crippen molar-refractivity contribution in [3.63, 3.8) is 0 Å². The maximum absolute atomic E-state index is 13.2. The summed E-state index contributed by atoms with van der Waals surface area (Å²) in [6.45, 7) is 0. The molecule has 0 fully saturated rings. The van der Waals surface area contributed by atoms with Gasteiger partial charge in [0.1, 0.15) is 5.75 Å². The monoisotopic (exact) mass is 333 g/mol. The van der Waals surface area contributed by atoms with E-state index in [1.165, 1.54) is 23.8 Å². The molecule has 4 nitrogen and oxygen atoms in total. The van der Waals surface area contributed by atoms with Gasteiger partial charge >= 0.3 is 6.18 Å². The first-order chi connectivity index (χ1) is 11.4. The smallest absolute Gasteiger partial charge is 0.417 e. The molecule has 24 heavy (non-hydrogen) atoms. The second kappa shape index (κ2) is 5.99. The van der Waals surface area contributed by atoms with E-state index in [1.807, 2.05) is 0 Å². The number of methoxy groups -OCH3 is 1. The van der Waals surface area contributed by atoms with Crippen LogP contribution < -0.4 is 4.74 Å². The maximum Gasteiger partial charge on any atom is 0.417 e. The fourth-order valence-electron chi connectivity index (χ4n) is 2.55. The summed E-state index contributed by atoms with van der Waals surface area (Å²) in [5.41, 5.74) is -0.0982. The van der Waals surface area contributed by atoms with Crippen molar-refractivity contribution in [2.45, 2.75) is 6.18 Å². The van der Waals surface area contributed by atoms with E-state index < -0.39 is 11.7 Å². The van der Waals surface area contributed by atoms with Gasteiger partial charge < -0.3 is 9.30 Å². The lowest BCUT2D eigenvalue weighted by atomic mass is 10.1. The molecule has 1 aromatic heterocycles. The van der Waals surface area contributed by atoms with Crippen molar-refractivity contribution in [3.05, 3.63) is 54.1 Å². The zero-order valence-corrected chi connectivity index (χ0v) is 13.0. The van der Waals surface area contributed by atoms with E-state index in [4.69, 9.17) is 4.74 Å². The highest BCUT2D eigenvalue weighted by atomic mass is 19.4. The summed E-state index contributed by atoms with van der Waals surface area (Å²) < 4.78 is 46.5. The molecule has 0 unspecified atom stereocenters. The molecule has 0 N–H and O–H groups in total. The van der Waals surface area contributed by atoms with Gasteiger partial charge in [-0.05, 0) is 18.2 Å². The van der Waals surface area contributed by atoms with Crippen molar-refractivity contribution >= 4 is 0 Å². The van der Waals surface area contributed by atoms with Gasteiger partial charge in [0, 0.05) is 12.6 Å². The highest BCUT2D eigenvalue weighted by molar-refractivity contribution is 5.69. The van der Waals surface area contributed by atoms with Crippen LogP contribution in [0.25, 0.3) is 22.8 Å². The number of aromatic nitrogens is 3. The Hall–Kier alpha value is -2.83. The van der Waals surface area contributed by atoms with Crippen LogP contribution in [0.3, 0.4) is 0 Å². The number of para-hydroxylation sites is 1. The number of ether oxygens (including phenoxy) is 1. The summed E-state index contributed by atoms with van der Waals surface area (Å²) in [5, 5.41) is 8.03. The summed E-state index contributed by atoms with van der Waals surface area (Å²) in [7, 11) is 3.15. The Morgan fingerprint density at radius 3 is 2.04 bits per heavy atom. The second-order valence-electron chi connectivity index (χ2n) is 5.15. The molecule has 7 heteroatoms. The van der Waals surface area contributed by atoms with Gasteiger partial charge in [0.25, 0.3) is 0 Å². The van der Waals surface area contributed by atoms with Crippen molar-refractivity contribution < 1.29 is 17.9 Å². The van der Waals surface area contributed by atoms with E-state index in [1.54, 1.807) is 37.4 Å².